The Bertz CT molecular complexity index is 904. The van der Waals surface area contributed by atoms with E-state index >= 15 is 0 Å². The Balaban J connectivity index is 2.29. The Morgan fingerprint density at radius 3 is 2.19 bits per heavy atom. The van der Waals surface area contributed by atoms with Crippen LogP contribution < -0.4 is 5.32 Å². The standard InChI is InChI=1S/C19H15F4NO3/c1-2-17(25)24-16-8-6-11(9-13(16)18(26)27)3-4-12-5-7-14(15(20)10-12)19(21,22)23/h3-10H,2H2,1H3,(H,24,25)(H,26,27)/b4-3+. The van der Waals surface area contributed by atoms with Gasteiger partial charge in [0, 0.05) is 6.42 Å². The van der Waals surface area contributed by atoms with Gasteiger partial charge in [-0.2, -0.15) is 13.2 Å². The molecule has 2 aromatic carbocycles. The minimum absolute atomic E-state index is 0.132. The highest BCUT2D eigenvalue weighted by Crippen LogP contribution is 2.31. The van der Waals surface area contributed by atoms with Crippen molar-refractivity contribution < 1.29 is 32.3 Å². The molecule has 0 aliphatic carbocycles. The number of carbonyl (C=O) groups is 2. The Labute approximate surface area is 152 Å². The fourth-order valence-corrected chi connectivity index (χ4v) is 2.25. The van der Waals surface area contributed by atoms with Gasteiger partial charge in [0.1, 0.15) is 5.82 Å². The summed E-state index contributed by atoms with van der Waals surface area (Å²) in [5.41, 5.74) is -0.767. The second-order valence-electron chi connectivity index (χ2n) is 5.58. The van der Waals surface area contributed by atoms with Crippen LogP contribution in [0.2, 0.25) is 0 Å². The van der Waals surface area contributed by atoms with Gasteiger partial charge in [0.2, 0.25) is 5.91 Å². The van der Waals surface area contributed by atoms with Gasteiger partial charge in [0.15, 0.2) is 0 Å². The van der Waals surface area contributed by atoms with Crippen molar-refractivity contribution in [3.05, 3.63) is 64.5 Å². The maximum absolute atomic E-state index is 13.6. The van der Waals surface area contributed by atoms with Crippen molar-refractivity contribution in [3.63, 3.8) is 0 Å². The molecule has 0 aromatic heterocycles. The van der Waals surface area contributed by atoms with Crippen molar-refractivity contribution in [1.82, 2.24) is 0 Å². The van der Waals surface area contributed by atoms with E-state index in [9.17, 15) is 32.3 Å². The summed E-state index contributed by atoms with van der Waals surface area (Å²) in [5, 5.41) is 11.7. The van der Waals surface area contributed by atoms with Gasteiger partial charge in [-0.25, -0.2) is 9.18 Å². The second-order valence-corrected chi connectivity index (χ2v) is 5.58. The molecule has 0 aliphatic heterocycles. The van der Waals surface area contributed by atoms with Gasteiger partial charge < -0.3 is 10.4 Å². The van der Waals surface area contributed by atoms with Crippen molar-refractivity contribution in [2.75, 3.05) is 5.32 Å². The maximum Gasteiger partial charge on any atom is 0.419 e. The molecule has 27 heavy (non-hydrogen) atoms. The lowest BCUT2D eigenvalue weighted by Gasteiger charge is -2.09. The Hall–Kier alpha value is -3.16. The fourth-order valence-electron chi connectivity index (χ4n) is 2.25. The van der Waals surface area contributed by atoms with E-state index in [1.165, 1.54) is 30.4 Å². The molecule has 0 unspecified atom stereocenters. The number of carboxylic acids is 1. The summed E-state index contributed by atoms with van der Waals surface area (Å²) in [6.45, 7) is 1.62. The molecule has 0 spiro atoms. The Morgan fingerprint density at radius 2 is 1.67 bits per heavy atom. The van der Waals surface area contributed by atoms with E-state index in [0.29, 0.717) is 11.6 Å². The summed E-state index contributed by atoms with van der Waals surface area (Å²) >= 11 is 0. The maximum atomic E-state index is 13.6. The monoisotopic (exact) mass is 381 g/mol. The molecule has 0 saturated carbocycles. The van der Waals surface area contributed by atoms with Gasteiger partial charge in [-0.1, -0.05) is 31.2 Å². The summed E-state index contributed by atoms with van der Waals surface area (Å²) in [7, 11) is 0. The van der Waals surface area contributed by atoms with E-state index in [4.69, 9.17) is 0 Å². The SMILES string of the molecule is CCC(=O)Nc1ccc(/C=C/c2ccc(C(F)(F)F)c(F)c2)cc1C(=O)O. The summed E-state index contributed by atoms with van der Waals surface area (Å²) in [6.07, 6.45) is -1.81. The second kappa shape index (κ2) is 8.03. The topological polar surface area (TPSA) is 66.4 Å². The van der Waals surface area contributed by atoms with Crippen molar-refractivity contribution in [1.29, 1.82) is 0 Å². The smallest absolute Gasteiger partial charge is 0.419 e. The first-order valence-corrected chi connectivity index (χ1v) is 7.84. The number of halogens is 4. The molecule has 0 radical (unpaired) electrons. The van der Waals surface area contributed by atoms with Gasteiger partial charge in [-0.05, 0) is 35.4 Å². The zero-order valence-electron chi connectivity index (χ0n) is 14.1. The molecule has 2 rings (SSSR count). The lowest BCUT2D eigenvalue weighted by Crippen LogP contribution is -2.13. The van der Waals surface area contributed by atoms with Crippen LogP contribution in [0, 0.1) is 5.82 Å². The lowest BCUT2D eigenvalue weighted by molar-refractivity contribution is -0.140. The van der Waals surface area contributed by atoms with Crippen LogP contribution in [-0.4, -0.2) is 17.0 Å². The predicted molar refractivity (Wildman–Crippen MR) is 92.7 cm³/mol. The molecule has 1 amide bonds. The highest BCUT2D eigenvalue weighted by molar-refractivity contribution is 6.01. The molecule has 0 atom stereocenters. The number of rotatable bonds is 5. The third-order valence-corrected chi connectivity index (χ3v) is 3.64. The minimum Gasteiger partial charge on any atom is -0.478 e. The van der Waals surface area contributed by atoms with Crippen molar-refractivity contribution in [2.24, 2.45) is 0 Å². The highest BCUT2D eigenvalue weighted by atomic mass is 19.4. The van der Waals surface area contributed by atoms with Crippen LogP contribution in [0.3, 0.4) is 0 Å². The number of carboxylic acid groups (broad SMARTS) is 1. The normalized spacial score (nSPS) is 11.6. The molecule has 0 fully saturated rings. The minimum atomic E-state index is -4.78. The Kier molecular flexibility index (Phi) is 5.99. The molecule has 0 aliphatic rings. The molecule has 0 saturated heterocycles. The van der Waals surface area contributed by atoms with Gasteiger partial charge in [-0.15, -0.1) is 0 Å². The quantitative estimate of drug-likeness (QED) is 0.562. The summed E-state index contributed by atoms with van der Waals surface area (Å²) in [6, 6.07) is 6.72. The van der Waals surface area contributed by atoms with Crippen LogP contribution in [0.1, 0.15) is 40.4 Å². The van der Waals surface area contributed by atoms with Gasteiger partial charge in [0.25, 0.3) is 0 Å². The number of nitrogens with one attached hydrogen (secondary N) is 1. The number of alkyl halides is 3. The number of aromatic carboxylic acids is 1. The zero-order valence-corrected chi connectivity index (χ0v) is 14.1. The van der Waals surface area contributed by atoms with Crippen molar-refractivity contribution in [2.45, 2.75) is 19.5 Å². The van der Waals surface area contributed by atoms with E-state index in [1.807, 2.05) is 0 Å². The van der Waals surface area contributed by atoms with Crippen LogP contribution in [0.25, 0.3) is 12.2 Å². The molecule has 2 N–H and O–H groups in total. The molecule has 142 valence electrons. The van der Waals surface area contributed by atoms with E-state index in [-0.39, 0.29) is 29.1 Å². The van der Waals surface area contributed by atoms with E-state index in [1.54, 1.807) is 6.92 Å². The van der Waals surface area contributed by atoms with Gasteiger partial charge in [-0.3, -0.25) is 4.79 Å². The first-order chi connectivity index (χ1) is 12.6. The third-order valence-electron chi connectivity index (χ3n) is 3.64. The van der Waals surface area contributed by atoms with Crippen LogP contribution in [0.5, 0.6) is 0 Å². The highest BCUT2D eigenvalue weighted by Gasteiger charge is 2.33. The summed E-state index contributed by atoms with van der Waals surface area (Å²) < 4.78 is 51.3. The molecule has 0 bridgehead atoms. The summed E-state index contributed by atoms with van der Waals surface area (Å²) in [5.74, 6) is -2.99. The molecular weight excluding hydrogens is 366 g/mol. The van der Waals surface area contributed by atoms with Crippen molar-refractivity contribution >= 4 is 29.7 Å². The molecule has 2 aromatic rings. The first-order valence-electron chi connectivity index (χ1n) is 7.84. The fraction of sp³-hybridized carbons (Fsp3) is 0.158. The van der Waals surface area contributed by atoms with Gasteiger partial charge >= 0.3 is 12.1 Å². The largest absolute Gasteiger partial charge is 0.478 e. The van der Waals surface area contributed by atoms with Crippen LogP contribution >= 0.6 is 0 Å². The number of hydrogen-bond donors (Lipinski definition) is 2. The predicted octanol–water partition coefficient (Wildman–Crippen LogP) is 5.06. The number of amides is 1. The van der Waals surface area contributed by atoms with Crippen LogP contribution in [-0.2, 0) is 11.0 Å². The number of carbonyl (C=O) groups excluding carboxylic acids is 1. The van der Waals surface area contributed by atoms with Crippen molar-refractivity contribution in [3.8, 4) is 0 Å². The zero-order chi connectivity index (χ0) is 20.2. The summed E-state index contributed by atoms with van der Waals surface area (Å²) in [4.78, 5) is 22.8. The number of hydrogen-bond acceptors (Lipinski definition) is 2. The van der Waals surface area contributed by atoms with E-state index in [2.05, 4.69) is 5.32 Å². The van der Waals surface area contributed by atoms with E-state index < -0.39 is 23.5 Å². The van der Waals surface area contributed by atoms with E-state index in [0.717, 1.165) is 12.1 Å². The molecule has 0 heterocycles. The van der Waals surface area contributed by atoms with Crippen LogP contribution in [0.4, 0.5) is 23.2 Å². The molecular formula is C19H15F4NO3. The van der Waals surface area contributed by atoms with Crippen LogP contribution in [0.15, 0.2) is 36.4 Å². The average Bonchev–Trinajstić information content (AvgIpc) is 2.59. The number of anilines is 1. The number of benzene rings is 2. The van der Waals surface area contributed by atoms with Gasteiger partial charge in [0.05, 0.1) is 16.8 Å². The third kappa shape index (κ3) is 5.16. The molecule has 8 heteroatoms. The lowest BCUT2D eigenvalue weighted by atomic mass is 10.1. The Morgan fingerprint density at radius 1 is 1.07 bits per heavy atom. The molecule has 4 nitrogen and oxygen atoms in total. The first kappa shape index (κ1) is 20.2. The average molecular weight is 381 g/mol.